The molecule has 0 saturated carbocycles. The van der Waals surface area contributed by atoms with Gasteiger partial charge in [-0.3, -0.25) is 10.8 Å². The molecule has 5 nitrogen and oxygen atoms in total. The summed E-state index contributed by atoms with van der Waals surface area (Å²) in [5.41, 5.74) is 9.87. The lowest BCUT2D eigenvalue weighted by molar-refractivity contribution is 0.642. The van der Waals surface area contributed by atoms with E-state index in [4.69, 9.17) is 16.4 Å². The van der Waals surface area contributed by atoms with Gasteiger partial charge in [0.05, 0.1) is 5.69 Å². The van der Waals surface area contributed by atoms with Crippen LogP contribution in [0.25, 0.3) is 0 Å². The van der Waals surface area contributed by atoms with Gasteiger partial charge in [0.25, 0.3) is 0 Å². The molecule has 0 aliphatic carbocycles. The predicted octanol–water partition coefficient (Wildman–Crippen LogP) is 2.82. The number of nitrogens with one attached hydrogen (secondary N) is 2. The molecular weight excluding hydrogens is 238 g/mol. The summed E-state index contributed by atoms with van der Waals surface area (Å²) in [5, 5.41) is 19.6. The Labute approximate surface area is 113 Å². The summed E-state index contributed by atoms with van der Waals surface area (Å²) in [5.74, 6) is 0.230. The Morgan fingerprint density at radius 3 is 2.37 bits per heavy atom. The van der Waals surface area contributed by atoms with Crippen LogP contribution in [0.5, 0.6) is 0 Å². The number of nitrogens with two attached hydrogens (primary N) is 1. The maximum absolute atomic E-state index is 8.71. The second-order valence-electron chi connectivity index (χ2n) is 4.23. The number of amidine groups is 1. The topological polar surface area (TPSA) is 98.0 Å². The molecule has 0 atom stereocenters. The zero-order valence-corrected chi connectivity index (χ0v) is 11.3. The Morgan fingerprint density at radius 1 is 1.37 bits per heavy atom. The molecule has 100 valence electrons. The molecule has 0 aromatic heterocycles. The van der Waals surface area contributed by atoms with E-state index >= 15 is 0 Å². The Balaban J connectivity index is 2.78. The second-order valence-corrected chi connectivity index (χ2v) is 4.23. The van der Waals surface area contributed by atoms with Crippen LogP contribution >= 0.6 is 0 Å². The minimum absolute atomic E-state index is 0.121. The van der Waals surface area contributed by atoms with Gasteiger partial charge in [-0.1, -0.05) is 26.0 Å². The lowest BCUT2D eigenvalue weighted by atomic mass is 9.94. The zero-order chi connectivity index (χ0) is 14.3. The van der Waals surface area contributed by atoms with Crippen LogP contribution in [0.3, 0.4) is 0 Å². The molecule has 0 fully saturated rings. The highest BCUT2D eigenvalue weighted by Crippen LogP contribution is 2.24. The molecule has 0 aliphatic rings. The fourth-order valence-corrected chi connectivity index (χ4v) is 1.86. The molecule has 19 heavy (non-hydrogen) atoms. The number of nitrogens with zero attached hydrogens (tertiary/aromatic N) is 2. The average Bonchev–Trinajstić information content (AvgIpc) is 2.42. The van der Waals surface area contributed by atoms with E-state index in [0.717, 1.165) is 18.5 Å². The van der Waals surface area contributed by atoms with Crippen LogP contribution in [-0.2, 0) is 0 Å². The summed E-state index contributed by atoms with van der Waals surface area (Å²) in [6.07, 6.45) is 2.23. The van der Waals surface area contributed by atoms with Crippen molar-refractivity contribution in [2.75, 3.05) is 5.43 Å². The molecule has 1 aromatic rings. The second kappa shape index (κ2) is 7.17. The Kier molecular flexibility index (Phi) is 5.55. The van der Waals surface area contributed by atoms with Crippen LogP contribution in [0, 0.1) is 16.7 Å². The van der Waals surface area contributed by atoms with Gasteiger partial charge in [-0.15, -0.1) is 0 Å². The first-order chi connectivity index (χ1) is 9.12. The maximum atomic E-state index is 8.71. The first-order valence-corrected chi connectivity index (χ1v) is 6.30. The van der Waals surface area contributed by atoms with Crippen molar-refractivity contribution in [3.63, 3.8) is 0 Å². The number of hydrogen-bond donors (Lipinski definition) is 3. The summed E-state index contributed by atoms with van der Waals surface area (Å²) in [7, 11) is 0. The summed E-state index contributed by atoms with van der Waals surface area (Å²) in [6, 6.07) is 9.68. The normalized spacial score (nSPS) is 11.2. The van der Waals surface area contributed by atoms with Gasteiger partial charge in [-0.2, -0.15) is 10.4 Å². The van der Waals surface area contributed by atoms with Crippen LogP contribution in [0.15, 0.2) is 29.4 Å². The van der Waals surface area contributed by atoms with Gasteiger partial charge in [0.15, 0.2) is 5.84 Å². The summed E-state index contributed by atoms with van der Waals surface area (Å²) < 4.78 is 0. The molecule has 1 rings (SSSR count). The minimum atomic E-state index is -0.344. The van der Waals surface area contributed by atoms with Crippen molar-refractivity contribution in [2.24, 2.45) is 10.8 Å². The van der Waals surface area contributed by atoms with Crippen molar-refractivity contribution in [3.8, 4) is 6.07 Å². The van der Waals surface area contributed by atoms with Gasteiger partial charge in [0, 0.05) is 0 Å². The van der Waals surface area contributed by atoms with Crippen LogP contribution in [0.1, 0.15) is 38.2 Å². The van der Waals surface area contributed by atoms with E-state index in [1.165, 1.54) is 5.56 Å². The SMILES string of the molecule is CCC(CC)c1ccc(N/N=C(\C#N)C(=N)N)cc1. The smallest absolute Gasteiger partial charge is 0.201 e. The van der Waals surface area contributed by atoms with Gasteiger partial charge in [-0.05, 0) is 36.5 Å². The maximum Gasteiger partial charge on any atom is 0.201 e. The van der Waals surface area contributed by atoms with Gasteiger partial charge in [-0.25, -0.2) is 0 Å². The molecule has 5 heteroatoms. The molecule has 4 N–H and O–H groups in total. The third-order valence-corrected chi connectivity index (χ3v) is 3.03. The number of benzene rings is 1. The predicted molar refractivity (Wildman–Crippen MR) is 78.3 cm³/mol. The number of nitriles is 1. The van der Waals surface area contributed by atoms with E-state index in [2.05, 4.69) is 36.5 Å². The molecule has 0 bridgehead atoms. The van der Waals surface area contributed by atoms with Gasteiger partial charge >= 0.3 is 0 Å². The molecule has 0 aliphatic heterocycles. The lowest BCUT2D eigenvalue weighted by Gasteiger charge is -2.13. The largest absolute Gasteiger partial charge is 0.382 e. The third kappa shape index (κ3) is 4.11. The van der Waals surface area contributed by atoms with E-state index in [9.17, 15) is 0 Å². The standard InChI is InChI=1S/C14H19N5/c1-3-10(4-2)11-5-7-12(8-6-11)18-19-13(9-15)14(16)17/h5-8,10,18H,3-4H2,1-2H3,(H3,16,17)/b19-13+. The molecule has 1 aromatic carbocycles. The Hall–Kier alpha value is -2.35. The average molecular weight is 257 g/mol. The first kappa shape index (κ1) is 14.7. The van der Waals surface area contributed by atoms with Crippen molar-refractivity contribution in [1.29, 1.82) is 10.7 Å². The van der Waals surface area contributed by atoms with Crippen molar-refractivity contribution in [2.45, 2.75) is 32.6 Å². The zero-order valence-electron chi connectivity index (χ0n) is 11.3. The highest BCUT2D eigenvalue weighted by atomic mass is 15.3. The van der Waals surface area contributed by atoms with Crippen LogP contribution < -0.4 is 11.2 Å². The van der Waals surface area contributed by atoms with Crippen LogP contribution in [-0.4, -0.2) is 11.5 Å². The van der Waals surface area contributed by atoms with Gasteiger partial charge in [0.1, 0.15) is 6.07 Å². The van der Waals surface area contributed by atoms with Crippen molar-refractivity contribution in [1.82, 2.24) is 0 Å². The Morgan fingerprint density at radius 2 is 1.95 bits per heavy atom. The van der Waals surface area contributed by atoms with E-state index < -0.39 is 0 Å². The van der Waals surface area contributed by atoms with Crippen molar-refractivity contribution < 1.29 is 0 Å². The van der Waals surface area contributed by atoms with Crippen LogP contribution in [0.4, 0.5) is 5.69 Å². The fourth-order valence-electron chi connectivity index (χ4n) is 1.86. The van der Waals surface area contributed by atoms with E-state index in [-0.39, 0.29) is 11.5 Å². The Bertz CT molecular complexity index is 492. The monoisotopic (exact) mass is 257 g/mol. The van der Waals surface area contributed by atoms with E-state index in [1.54, 1.807) is 6.07 Å². The fraction of sp³-hybridized carbons (Fsp3) is 0.357. The molecule has 0 unspecified atom stereocenters. The highest BCUT2D eigenvalue weighted by molar-refractivity contribution is 6.45. The summed E-state index contributed by atoms with van der Waals surface area (Å²) in [4.78, 5) is 0. The van der Waals surface area contributed by atoms with Crippen molar-refractivity contribution >= 4 is 17.2 Å². The molecule has 0 spiro atoms. The highest BCUT2D eigenvalue weighted by Gasteiger charge is 2.06. The summed E-state index contributed by atoms with van der Waals surface area (Å²) >= 11 is 0. The quantitative estimate of drug-likeness (QED) is 0.415. The van der Waals surface area contributed by atoms with E-state index in [0.29, 0.717) is 5.92 Å². The lowest BCUT2D eigenvalue weighted by Crippen LogP contribution is -2.21. The number of rotatable bonds is 6. The summed E-state index contributed by atoms with van der Waals surface area (Å²) in [6.45, 7) is 4.35. The number of hydrazone groups is 1. The third-order valence-electron chi connectivity index (χ3n) is 3.03. The molecule has 0 heterocycles. The molecule has 0 radical (unpaired) electrons. The number of anilines is 1. The molecule has 0 saturated heterocycles. The first-order valence-electron chi connectivity index (χ1n) is 6.30. The minimum Gasteiger partial charge on any atom is -0.382 e. The van der Waals surface area contributed by atoms with E-state index in [1.807, 2.05) is 12.1 Å². The van der Waals surface area contributed by atoms with Crippen molar-refractivity contribution in [3.05, 3.63) is 29.8 Å². The van der Waals surface area contributed by atoms with Gasteiger partial charge in [0.2, 0.25) is 5.71 Å². The van der Waals surface area contributed by atoms with Gasteiger partial charge < -0.3 is 5.73 Å². The van der Waals surface area contributed by atoms with Crippen LogP contribution in [0.2, 0.25) is 0 Å². The molecular formula is C14H19N5. The molecule has 0 amide bonds. The number of hydrogen-bond acceptors (Lipinski definition) is 4.